The second-order valence-corrected chi connectivity index (χ2v) is 8.46. The van der Waals surface area contributed by atoms with E-state index in [-0.39, 0.29) is 34.8 Å². The van der Waals surface area contributed by atoms with E-state index in [1.807, 2.05) is 6.08 Å². The monoisotopic (exact) mass is 312 g/mol. The van der Waals surface area contributed by atoms with Crippen LogP contribution in [0.2, 0.25) is 0 Å². The number of rotatable bonds is 0. The second kappa shape index (κ2) is 3.68. The van der Waals surface area contributed by atoms with E-state index in [9.17, 15) is 14.4 Å². The molecule has 1 heterocycles. The largest absolute Gasteiger partial charge is 0.465 e. The van der Waals surface area contributed by atoms with Crippen LogP contribution in [0, 0.1) is 28.1 Å². The van der Waals surface area contributed by atoms with Gasteiger partial charge in [0.1, 0.15) is 11.2 Å². The predicted octanol–water partition coefficient (Wildman–Crippen LogP) is 2.38. The van der Waals surface area contributed by atoms with Crippen LogP contribution in [0.5, 0.6) is 0 Å². The lowest BCUT2D eigenvalue weighted by atomic mass is 9.32. The number of ether oxygens (including phenoxy) is 1. The first-order chi connectivity index (χ1) is 10.9. The summed E-state index contributed by atoms with van der Waals surface area (Å²) < 4.78 is 5.61. The number of allylic oxidation sites excluding steroid dienone is 3. The molecule has 23 heavy (non-hydrogen) atoms. The zero-order valence-electron chi connectivity index (χ0n) is 13.3. The number of hydrogen-bond acceptors (Lipinski definition) is 4. The second-order valence-electron chi connectivity index (χ2n) is 8.46. The maximum absolute atomic E-state index is 13.0. The van der Waals surface area contributed by atoms with Gasteiger partial charge >= 0.3 is 5.97 Å². The highest BCUT2D eigenvalue weighted by atomic mass is 16.5. The molecule has 3 saturated carbocycles. The lowest BCUT2D eigenvalue weighted by molar-refractivity contribution is -0.227. The molecule has 2 unspecified atom stereocenters. The fourth-order valence-corrected chi connectivity index (χ4v) is 6.59. The van der Waals surface area contributed by atoms with Gasteiger partial charge in [-0.05, 0) is 25.2 Å². The van der Waals surface area contributed by atoms with Crippen molar-refractivity contribution in [3.8, 4) is 0 Å². The Kier molecular flexibility index (Phi) is 2.19. The van der Waals surface area contributed by atoms with Gasteiger partial charge in [-0.1, -0.05) is 31.6 Å². The molecule has 5 atom stereocenters. The molecule has 120 valence electrons. The Balaban J connectivity index is 1.77. The van der Waals surface area contributed by atoms with Crippen LogP contribution in [-0.4, -0.2) is 24.1 Å². The van der Waals surface area contributed by atoms with Gasteiger partial charge in [0.25, 0.3) is 0 Å². The van der Waals surface area contributed by atoms with Crippen molar-refractivity contribution in [2.45, 2.75) is 39.0 Å². The average molecular weight is 312 g/mol. The van der Waals surface area contributed by atoms with Crippen molar-refractivity contribution in [3.63, 3.8) is 0 Å². The van der Waals surface area contributed by atoms with Crippen LogP contribution in [0.25, 0.3) is 0 Å². The van der Waals surface area contributed by atoms with Gasteiger partial charge < -0.3 is 4.74 Å². The average Bonchev–Trinajstić information content (AvgIpc) is 2.48. The molecule has 4 fully saturated rings. The van der Waals surface area contributed by atoms with Gasteiger partial charge in [0, 0.05) is 23.3 Å². The molecule has 4 nitrogen and oxygen atoms in total. The maximum Gasteiger partial charge on any atom is 0.313 e. The molecule has 1 spiro atoms. The zero-order chi connectivity index (χ0) is 16.2. The number of esters is 1. The summed E-state index contributed by atoms with van der Waals surface area (Å²) in [4.78, 5) is 38.8. The summed E-state index contributed by atoms with van der Waals surface area (Å²) in [5, 5.41) is 0. The van der Waals surface area contributed by atoms with Gasteiger partial charge in [-0.25, -0.2) is 0 Å². The van der Waals surface area contributed by atoms with Crippen LogP contribution in [0.4, 0.5) is 0 Å². The van der Waals surface area contributed by atoms with E-state index in [0.29, 0.717) is 25.0 Å². The SMILES string of the molecule is C=C1C=C2C[C@@]3(C(=O)CC4[C@@]5(C)CCC[C@@]4(C(=O)OC5)C23)C1=O. The Morgan fingerprint density at radius 2 is 2.04 bits per heavy atom. The zero-order valence-corrected chi connectivity index (χ0v) is 13.3. The van der Waals surface area contributed by atoms with E-state index >= 15 is 0 Å². The molecule has 0 amide bonds. The molecule has 6 rings (SSSR count). The quantitative estimate of drug-likeness (QED) is 0.391. The summed E-state index contributed by atoms with van der Waals surface area (Å²) in [5.41, 5.74) is -0.316. The van der Waals surface area contributed by atoms with Crippen LogP contribution in [0.3, 0.4) is 0 Å². The molecule has 0 radical (unpaired) electrons. The van der Waals surface area contributed by atoms with E-state index in [1.54, 1.807) is 0 Å². The summed E-state index contributed by atoms with van der Waals surface area (Å²) in [7, 11) is 0. The van der Waals surface area contributed by atoms with Crippen LogP contribution in [0.1, 0.15) is 39.0 Å². The van der Waals surface area contributed by atoms with Crippen molar-refractivity contribution in [1.29, 1.82) is 0 Å². The number of ketones is 2. The number of hydrogen-bond donors (Lipinski definition) is 0. The van der Waals surface area contributed by atoms with Crippen molar-refractivity contribution >= 4 is 17.5 Å². The number of fused-ring (bicyclic) bond motifs is 2. The number of Topliss-reactive ketones (excluding diaryl/α,β-unsaturated/α-hetero) is 2. The Hall–Kier alpha value is -1.71. The first kappa shape index (κ1) is 13.7. The molecule has 0 aromatic heterocycles. The number of carbonyl (C=O) groups is 3. The van der Waals surface area contributed by atoms with Crippen molar-refractivity contribution in [1.82, 2.24) is 0 Å². The first-order valence-corrected chi connectivity index (χ1v) is 8.51. The van der Waals surface area contributed by atoms with Crippen molar-refractivity contribution in [2.24, 2.45) is 28.1 Å². The van der Waals surface area contributed by atoms with Crippen molar-refractivity contribution < 1.29 is 19.1 Å². The van der Waals surface area contributed by atoms with E-state index in [4.69, 9.17) is 4.74 Å². The fourth-order valence-electron chi connectivity index (χ4n) is 6.59. The third-order valence-electron chi connectivity index (χ3n) is 7.52. The fraction of sp³-hybridized carbons (Fsp3) is 0.632. The molecule has 0 aromatic rings. The van der Waals surface area contributed by atoms with Gasteiger partial charge in [-0.15, -0.1) is 0 Å². The Morgan fingerprint density at radius 3 is 2.83 bits per heavy atom. The summed E-state index contributed by atoms with van der Waals surface area (Å²) in [6.07, 6.45) is 5.35. The topological polar surface area (TPSA) is 60.4 Å². The van der Waals surface area contributed by atoms with Gasteiger partial charge in [0.2, 0.25) is 0 Å². The minimum absolute atomic E-state index is 0.0125. The number of carbonyl (C=O) groups excluding carboxylic acids is 3. The third-order valence-corrected chi connectivity index (χ3v) is 7.52. The minimum Gasteiger partial charge on any atom is -0.465 e. The van der Waals surface area contributed by atoms with Gasteiger partial charge in [0.15, 0.2) is 5.78 Å². The lowest BCUT2D eigenvalue weighted by Gasteiger charge is -2.69. The lowest BCUT2D eigenvalue weighted by Crippen LogP contribution is -2.74. The summed E-state index contributed by atoms with van der Waals surface area (Å²) in [6.45, 7) is 6.37. The normalized spacial score (nSPS) is 50.4. The molecule has 1 aliphatic heterocycles. The molecular weight excluding hydrogens is 292 g/mol. The van der Waals surface area contributed by atoms with Crippen LogP contribution >= 0.6 is 0 Å². The first-order valence-electron chi connectivity index (χ1n) is 8.51. The molecule has 5 aliphatic carbocycles. The Labute approximate surface area is 134 Å². The number of cyclic esters (lactones) is 1. The third kappa shape index (κ3) is 1.20. The van der Waals surface area contributed by atoms with E-state index in [0.717, 1.165) is 24.8 Å². The standard InChI is InChI=1S/C19H20O4/c1-10-6-11-8-19(15(10)21)13(20)7-12-17(2)4-3-5-18(12,14(11)19)16(22)23-9-17/h6,12,14H,1,3-5,7-9H2,2H3/t12?,14?,17-,18-,19-/m0/s1. The Bertz CT molecular complexity index is 746. The maximum atomic E-state index is 13.0. The van der Waals surface area contributed by atoms with Gasteiger partial charge in [-0.2, -0.15) is 0 Å². The molecular formula is C19H20O4. The van der Waals surface area contributed by atoms with Gasteiger partial charge in [-0.3, -0.25) is 14.4 Å². The van der Waals surface area contributed by atoms with Crippen molar-refractivity contribution in [3.05, 3.63) is 23.8 Å². The summed E-state index contributed by atoms with van der Waals surface area (Å²) >= 11 is 0. The van der Waals surface area contributed by atoms with Gasteiger partial charge in [0.05, 0.1) is 12.0 Å². The van der Waals surface area contributed by atoms with E-state index in [2.05, 4.69) is 13.5 Å². The molecule has 0 N–H and O–H groups in total. The molecule has 4 heteroatoms. The summed E-state index contributed by atoms with van der Waals surface area (Å²) in [5.74, 6) is -0.549. The van der Waals surface area contributed by atoms with E-state index in [1.165, 1.54) is 0 Å². The predicted molar refractivity (Wildman–Crippen MR) is 81.2 cm³/mol. The molecule has 0 aromatic carbocycles. The highest BCUT2D eigenvalue weighted by Gasteiger charge is 2.78. The Morgan fingerprint density at radius 1 is 1.26 bits per heavy atom. The highest BCUT2D eigenvalue weighted by Crippen LogP contribution is 2.74. The molecule has 6 aliphatic rings. The van der Waals surface area contributed by atoms with Crippen LogP contribution in [0.15, 0.2) is 23.8 Å². The van der Waals surface area contributed by atoms with Crippen molar-refractivity contribution in [2.75, 3.05) is 6.61 Å². The highest BCUT2D eigenvalue weighted by molar-refractivity contribution is 6.20. The minimum atomic E-state index is -1.01. The van der Waals surface area contributed by atoms with Crippen LogP contribution < -0.4 is 0 Å². The molecule has 1 saturated heterocycles. The summed E-state index contributed by atoms with van der Waals surface area (Å²) in [6, 6.07) is 0. The van der Waals surface area contributed by atoms with Crippen LogP contribution in [-0.2, 0) is 19.1 Å². The smallest absolute Gasteiger partial charge is 0.313 e. The molecule has 4 bridgehead atoms. The van der Waals surface area contributed by atoms with E-state index < -0.39 is 10.8 Å².